The van der Waals surface area contributed by atoms with Gasteiger partial charge in [0.15, 0.2) is 5.09 Å². The highest BCUT2D eigenvalue weighted by atomic mass is 32.3. The first-order valence-corrected chi connectivity index (χ1v) is 22.0. The Bertz CT molecular complexity index is 3120. The van der Waals surface area contributed by atoms with E-state index in [0.29, 0.717) is 0 Å². The fourth-order valence-corrected chi connectivity index (χ4v) is 13.2. The average Bonchev–Trinajstić information content (AvgIpc) is 4.10. The molecule has 10 aromatic rings. The molecule has 0 bridgehead atoms. The summed E-state index contributed by atoms with van der Waals surface area (Å²) >= 11 is 1.84. The van der Waals surface area contributed by atoms with E-state index in [9.17, 15) is 0 Å². The number of para-hydroxylation sites is 3. The van der Waals surface area contributed by atoms with Crippen LogP contribution < -0.4 is 4.90 Å². The highest BCUT2D eigenvalue weighted by Crippen LogP contribution is 2.74. The molecule has 272 valence electrons. The van der Waals surface area contributed by atoms with Crippen molar-refractivity contribution in [3.8, 4) is 33.6 Å². The summed E-state index contributed by atoms with van der Waals surface area (Å²) in [5, 5.41) is 3.51. The third kappa shape index (κ3) is 4.84. The van der Waals surface area contributed by atoms with Gasteiger partial charge in [-0.1, -0.05) is 72.4 Å². The van der Waals surface area contributed by atoms with Crippen molar-refractivity contribution in [3.63, 3.8) is 0 Å². The van der Waals surface area contributed by atoms with Gasteiger partial charge in [-0.05, 0) is 144 Å². The van der Waals surface area contributed by atoms with E-state index in [4.69, 9.17) is 4.42 Å². The fraction of sp³-hybridized carbons (Fsp3) is 0.0196. The SMILES string of the molecule is CS1(c2ccco2)c2ccc(-c3ccc(N4c5ccccc5Sc5ccccc54)cc3)cc2-c2cc3c(cc21)c1cc(-n2cccc2)ccc1n3-c1ccccc1. The van der Waals surface area contributed by atoms with Crippen LogP contribution in [0.1, 0.15) is 0 Å². The lowest BCUT2D eigenvalue weighted by molar-refractivity contribution is 0.470. The number of hydrogen-bond acceptors (Lipinski definition) is 3. The molecule has 0 saturated heterocycles. The Morgan fingerprint density at radius 3 is 1.89 bits per heavy atom. The molecule has 5 heterocycles. The zero-order valence-corrected chi connectivity index (χ0v) is 32.7. The summed E-state index contributed by atoms with van der Waals surface area (Å²) in [6, 6.07) is 64.4. The molecule has 1 unspecified atom stereocenters. The van der Waals surface area contributed by atoms with Crippen molar-refractivity contribution in [3.05, 3.63) is 195 Å². The van der Waals surface area contributed by atoms with Gasteiger partial charge in [0.1, 0.15) is 0 Å². The molecule has 0 radical (unpaired) electrons. The molecule has 1 atom stereocenters. The second kappa shape index (κ2) is 12.5. The first kappa shape index (κ1) is 32.6. The Morgan fingerprint density at radius 1 is 0.491 bits per heavy atom. The summed E-state index contributed by atoms with van der Waals surface area (Å²) in [6.07, 6.45) is 8.45. The molecule has 6 heteroatoms. The van der Waals surface area contributed by atoms with E-state index in [1.54, 1.807) is 0 Å². The first-order valence-electron chi connectivity index (χ1n) is 19.2. The zero-order valence-electron chi connectivity index (χ0n) is 31.0. The van der Waals surface area contributed by atoms with Crippen molar-refractivity contribution in [2.45, 2.75) is 24.7 Å². The van der Waals surface area contributed by atoms with Crippen molar-refractivity contribution < 1.29 is 4.42 Å². The Labute approximate surface area is 336 Å². The summed E-state index contributed by atoms with van der Waals surface area (Å²) in [4.78, 5) is 7.60. The number of benzene rings is 7. The van der Waals surface area contributed by atoms with Gasteiger partial charge in [-0.2, -0.15) is 0 Å². The van der Waals surface area contributed by atoms with Gasteiger partial charge in [0.25, 0.3) is 0 Å². The minimum Gasteiger partial charge on any atom is -0.459 e. The highest BCUT2D eigenvalue weighted by Gasteiger charge is 2.40. The third-order valence-electron chi connectivity index (χ3n) is 11.7. The number of hydrogen-bond donors (Lipinski definition) is 0. The van der Waals surface area contributed by atoms with Gasteiger partial charge in [-0.15, -0.1) is 10.0 Å². The molecule has 2 aliphatic heterocycles. The fourth-order valence-electron chi connectivity index (χ4n) is 9.00. The van der Waals surface area contributed by atoms with Gasteiger partial charge in [0.05, 0.1) is 28.7 Å². The van der Waals surface area contributed by atoms with Crippen LogP contribution in [0.2, 0.25) is 0 Å². The van der Waals surface area contributed by atoms with Crippen LogP contribution >= 0.6 is 21.8 Å². The Hall–Kier alpha value is -6.60. The summed E-state index contributed by atoms with van der Waals surface area (Å²) < 4.78 is 10.9. The molecule has 0 amide bonds. The maximum Gasteiger partial charge on any atom is 0.150 e. The zero-order chi connectivity index (χ0) is 37.7. The van der Waals surface area contributed by atoms with E-state index in [0.717, 1.165) is 22.2 Å². The van der Waals surface area contributed by atoms with E-state index in [-0.39, 0.29) is 0 Å². The number of aromatic nitrogens is 2. The normalized spacial score (nSPS) is 16.5. The van der Waals surface area contributed by atoms with Crippen LogP contribution in [0.3, 0.4) is 0 Å². The first-order chi connectivity index (χ1) is 28.1. The van der Waals surface area contributed by atoms with Crippen LogP contribution in [-0.4, -0.2) is 15.4 Å². The monoisotopic (exact) mass is 769 g/mol. The van der Waals surface area contributed by atoms with Crippen molar-refractivity contribution in [1.82, 2.24) is 9.13 Å². The van der Waals surface area contributed by atoms with E-state index < -0.39 is 10.0 Å². The molecule has 3 aromatic heterocycles. The lowest BCUT2D eigenvalue weighted by Gasteiger charge is -2.32. The Balaban J connectivity index is 1.04. The number of furan rings is 1. The maximum absolute atomic E-state index is 6.33. The number of nitrogens with zero attached hydrogens (tertiary/aromatic N) is 3. The Morgan fingerprint density at radius 2 is 1.16 bits per heavy atom. The second-order valence-electron chi connectivity index (χ2n) is 14.8. The molecule has 0 saturated carbocycles. The van der Waals surface area contributed by atoms with Crippen LogP contribution in [0.15, 0.2) is 224 Å². The minimum absolute atomic E-state index is 1.03. The molecule has 0 N–H and O–H groups in total. The predicted molar refractivity (Wildman–Crippen MR) is 237 cm³/mol. The van der Waals surface area contributed by atoms with Crippen LogP contribution in [0.4, 0.5) is 17.1 Å². The van der Waals surface area contributed by atoms with Crippen molar-refractivity contribution in [2.75, 3.05) is 11.2 Å². The standard InChI is InChI=1S/C51H35N3OS2/c1-57(51-18-11-29-55-51)49-26-21-35(34-19-22-37(23-20-34)54-44-14-5-7-16-47(44)56-48-17-8-6-15-45(48)54)30-41(49)42-32-46-40(33-50(42)57)39-31-38(52-27-9-10-28-52)24-25-43(39)53(46)36-12-3-2-4-13-36/h2-33H,1H3. The molecule has 2 aliphatic rings. The smallest absolute Gasteiger partial charge is 0.150 e. The van der Waals surface area contributed by atoms with Crippen molar-refractivity contribution in [1.29, 1.82) is 0 Å². The predicted octanol–water partition coefficient (Wildman–Crippen LogP) is 14.7. The molecule has 4 nitrogen and oxygen atoms in total. The van der Waals surface area contributed by atoms with E-state index in [2.05, 4.69) is 203 Å². The van der Waals surface area contributed by atoms with Crippen LogP contribution in [0.5, 0.6) is 0 Å². The number of fused-ring (bicyclic) bond motifs is 8. The third-order valence-corrected chi connectivity index (χ3v) is 16.3. The van der Waals surface area contributed by atoms with Crippen LogP contribution in [-0.2, 0) is 0 Å². The summed E-state index contributed by atoms with van der Waals surface area (Å²) in [6.45, 7) is 0. The maximum atomic E-state index is 6.33. The molecule has 12 rings (SSSR count). The van der Waals surface area contributed by atoms with Crippen molar-refractivity contribution >= 4 is 60.7 Å². The lowest BCUT2D eigenvalue weighted by atomic mass is 9.98. The minimum atomic E-state index is -1.69. The highest BCUT2D eigenvalue weighted by molar-refractivity contribution is 8.33. The van der Waals surface area contributed by atoms with E-state index in [1.165, 1.54) is 75.0 Å². The summed E-state index contributed by atoms with van der Waals surface area (Å²) in [5.74, 6) is 0. The van der Waals surface area contributed by atoms with Gasteiger partial charge in [0, 0.05) is 59.8 Å². The van der Waals surface area contributed by atoms with Crippen LogP contribution in [0.25, 0.3) is 55.4 Å². The quantitative estimate of drug-likeness (QED) is 0.174. The number of anilines is 3. The largest absolute Gasteiger partial charge is 0.459 e. The van der Waals surface area contributed by atoms with Gasteiger partial charge < -0.3 is 18.5 Å². The Kier molecular flexibility index (Phi) is 7.13. The lowest BCUT2D eigenvalue weighted by Crippen LogP contribution is -2.14. The molecule has 7 aromatic carbocycles. The van der Waals surface area contributed by atoms with Gasteiger partial charge >= 0.3 is 0 Å². The topological polar surface area (TPSA) is 26.2 Å². The van der Waals surface area contributed by atoms with Gasteiger partial charge in [-0.3, -0.25) is 0 Å². The molecular formula is C51H35N3OS2. The molecule has 57 heavy (non-hydrogen) atoms. The summed E-state index contributed by atoms with van der Waals surface area (Å²) in [5.41, 5.74) is 13.2. The second-order valence-corrected chi connectivity index (χ2v) is 19.0. The van der Waals surface area contributed by atoms with Crippen molar-refractivity contribution in [2.24, 2.45) is 0 Å². The average molecular weight is 770 g/mol. The molecule has 0 aliphatic carbocycles. The molecule has 0 fully saturated rings. The van der Waals surface area contributed by atoms with Crippen LogP contribution in [0, 0.1) is 0 Å². The molecular weight excluding hydrogens is 735 g/mol. The number of rotatable bonds is 5. The van der Waals surface area contributed by atoms with Gasteiger partial charge in [0.2, 0.25) is 0 Å². The van der Waals surface area contributed by atoms with E-state index >= 15 is 0 Å². The van der Waals surface area contributed by atoms with E-state index in [1.807, 2.05) is 24.1 Å². The molecule has 0 spiro atoms. The summed E-state index contributed by atoms with van der Waals surface area (Å²) in [7, 11) is -1.69. The van der Waals surface area contributed by atoms with Gasteiger partial charge in [-0.25, -0.2) is 0 Å².